The number of hydrogen-bond donors (Lipinski definition) is 0. The molecule has 0 N–H and O–H groups in total. The molecular formula is C32H49N3O4. The van der Waals surface area contributed by atoms with Crippen LogP contribution in [0, 0.1) is 5.41 Å². The van der Waals surface area contributed by atoms with Gasteiger partial charge in [-0.15, -0.1) is 0 Å². The molecule has 0 atom stereocenters. The molecule has 5 rings (SSSR count). The number of pyridine rings is 1. The first-order valence-corrected chi connectivity index (χ1v) is 14.8. The molecule has 2 aliphatic carbocycles. The molecule has 216 valence electrons. The Kier molecular flexibility index (Phi) is 7.63. The summed E-state index contributed by atoms with van der Waals surface area (Å²) in [5, 5.41) is 0. The fraction of sp³-hybridized carbons (Fsp3) is 0.719. The summed E-state index contributed by atoms with van der Waals surface area (Å²) >= 11 is 0. The number of ether oxygens (including phenoxy) is 1. The summed E-state index contributed by atoms with van der Waals surface area (Å²) in [6.07, 6.45) is 6.20. The maximum Gasteiger partial charge on any atom is 0.410 e. The zero-order valence-electron chi connectivity index (χ0n) is 25.9. The van der Waals surface area contributed by atoms with Crippen LogP contribution in [0.25, 0.3) is 11.1 Å². The van der Waals surface area contributed by atoms with Gasteiger partial charge in [0.2, 0.25) is 0 Å². The van der Waals surface area contributed by atoms with E-state index in [4.69, 9.17) is 14.1 Å². The van der Waals surface area contributed by atoms with Gasteiger partial charge in [0.15, 0.2) is 11.3 Å². The Hall–Kier alpha value is -2.57. The second kappa shape index (κ2) is 10.1. The third-order valence-corrected chi connectivity index (χ3v) is 8.51. The van der Waals surface area contributed by atoms with Crippen molar-refractivity contribution in [3.05, 3.63) is 29.2 Å². The molecule has 2 amide bonds. The summed E-state index contributed by atoms with van der Waals surface area (Å²) < 4.78 is 11.8. The monoisotopic (exact) mass is 539 g/mol. The number of fused-ring (bicyclic) bond motifs is 1. The highest BCUT2D eigenvalue weighted by atomic mass is 16.6. The van der Waals surface area contributed by atoms with Crippen LogP contribution in [0.15, 0.2) is 16.5 Å². The zero-order chi connectivity index (χ0) is 29.0. The van der Waals surface area contributed by atoms with Gasteiger partial charge in [-0.3, -0.25) is 4.79 Å². The summed E-state index contributed by atoms with van der Waals surface area (Å²) in [5.74, 6) is 0.651. The van der Waals surface area contributed by atoms with Crippen LogP contribution in [0.4, 0.5) is 4.79 Å². The molecule has 2 aromatic rings. The molecule has 0 unspecified atom stereocenters. The lowest BCUT2D eigenvalue weighted by Crippen LogP contribution is -2.62. The molecule has 3 fully saturated rings. The number of furan rings is 1. The molecule has 0 aromatic carbocycles. The Labute approximate surface area is 234 Å². The minimum absolute atomic E-state index is 0.135. The van der Waals surface area contributed by atoms with Gasteiger partial charge in [0, 0.05) is 42.9 Å². The van der Waals surface area contributed by atoms with Crippen molar-refractivity contribution in [1.29, 1.82) is 0 Å². The highest BCUT2D eigenvalue weighted by Gasteiger charge is 2.49. The molecule has 0 bridgehead atoms. The van der Waals surface area contributed by atoms with E-state index < -0.39 is 11.1 Å². The summed E-state index contributed by atoms with van der Waals surface area (Å²) in [6.45, 7) is 21.3. The molecule has 3 heterocycles. The highest BCUT2D eigenvalue weighted by Crippen LogP contribution is 2.61. The van der Waals surface area contributed by atoms with Crippen LogP contribution in [0.2, 0.25) is 0 Å². The van der Waals surface area contributed by atoms with Gasteiger partial charge in [-0.2, -0.15) is 0 Å². The van der Waals surface area contributed by atoms with E-state index in [0.717, 1.165) is 16.8 Å². The number of rotatable bonds is 2. The lowest BCUT2D eigenvalue weighted by atomic mass is 9.51. The van der Waals surface area contributed by atoms with E-state index in [2.05, 4.69) is 26.8 Å². The smallest absolute Gasteiger partial charge is 0.410 e. The Morgan fingerprint density at radius 2 is 1.67 bits per heavy atom. The molecule has 7 nitrogen and oxygen atoms in total. The summed E-state index contributed by atoms with van der Waals surface area (Å²) in [5.41, 5.74) is 3.04. The van der Waals surface area contributed by atoms with Crippen molar-refractivity contribution in [2.24, 2.45) is 5.41 Å². The SMILES string of the molecule is CC.CC(C)(C)OC(=O)N1CCN(C(=O)c2cc3nc(C4CC5(CCC5)C4)cc(C(C)(C)C)c3o2)C(C)(C)C1. The molecule has 1 spiro atoms. The molecule has 3 aliphatic rings. The second-order valence-electron chi connectivity index (χ2n) is 14.3. The number of amides is 2. The van der Waals surface area contributed by atoms with E-state index in [1.54, 1.807) is 4.90 Å². The van der Waals surface area contributed by atoms with E-state index in [-0.39, 0.29) is 17.4 Å². The van der Waals surface area contributed by atoms with E-state index >= 15 is 0 Å². The van der Waals surface area contributed by atoms with Gasteiger partial charge in [-0.1, -0.05) is 41.0 Å². The second-order valence-corrected chi connectivity index (χ2v) is 14.3. The quantitative estimate of drug-likeness (QED) is 0.391. The first-order valence-electron chi connectivity index (χ1n) is 14.8. The van der Waals surface area contributed by atoms with Gasteiger partial charge in [-0.25, -0.2) is 9.78 Å². The van der Waals surface area contributed by atoms with Crippen molar-refractivity contribution in [1.82, 2.24) is 14.8 Å². The minimum atomic E-state index is -0.570. The first-order chi connectivity index (χ1) is 18.1. The van der Waals surface area contributed by atoms with Crippen LogP contribution in [0.3, 0.4) is 0 Å². The van der Waals surface area contributed by atoms with Gasteiger partial charge < -0.3 is 19.0 Å². The summed E-state index contributed by atoms with van der Waals surface area (Å²) in [4.78, 5) is 34.9. The maximum atomic E-state index is 13.7. The Morgan fingerprint density at radius 3 is 2.18 bits per heavy atom. The average Bonchev–Trinajstić information content (AvgIpc) is 3.19. The molecule has 2 saturated carbocycles. The van der Waals surface area contributed by atoms with Crippen LogP contribution in [-0.4, -0.2) is 57.6 Å². The lowest BCUT2D eigenvalue weighted by molar-refractivity contribution is -0.0117. The van der Waals surface area contributed by atoms with Gasteiger partial charge >= 0.3 is 6.09 Å². The van der Waals surface area contributed by atoms with Crippen molar-refractivity contribution in [3.63, 3.8) is 0 Å². The number of piperazine rings is 1. The standard InChI is InChI=1S/C30H43N3O4.C2H6/c1-27(2,3)20-14-21(19-16-30(17-19)10-9-11-30)31-22-15-23(36-24(20)22)25(34)33-13-12-32(18-29(33,7)8)26(35)37-28(4,5)6;1-2/h14-15,19H,9-13,16-18H2,1-8H3;1-2H3. The molecule has 1 aliphatic heterocycles. The third-order valence-electron chi connectivity index (χ3n) is 8.51. The molecule has 0 radical (unpaired) electrons. The van der Waals surface area contributed by atoms with Crippen molar-refractivity contribution >= 4 is 23.1 Å². The fourth-order valence-electron chi connectivity index (χ4n) is 6.34. The van der Waals surface area contributed by atoms with E-state index in [1.807, 2.05) is 59.4 Å². The van der Waals surface area contributed by atoms with Crippen molar-refractivity contribution in [3.8, 4) is 0 Å². The Morgan fingerprint density at radius 1 is 1.03 bits per heavy atom. The zero-order valence-corrected chi connectivity index (χ0v) is 25.9. The number of carbonyl (C=O) groups excluding carboxylic acids is 2. The largest absolute Gasteiger partial charge is 0.449 e. The molecule has 1 saturated heterocycles. The predicted octanol–water partition coefficient (Wildman–Crippen LogP) is 7.67. The van der Waals surface area contributed by atoms with E-state index in [9.17, 15) is 9.59 Å². The van der Waals surface area contributed by atoms with Gasteiger partial charge in [0.25, 0.3) is 5.91 Å². The van der Waals surface area contributed by atoms with Crippen molar-refractivity contribution in [2.45, 2.75) is 124 Å². The number of aromatic nitrogens is 1. The summed E-state index contributed by atoms with van der Waals surface area (Å²) in [6, 6.07) is 4.05. The van der Waals surface area contributed by atoms with Crippen LogP contribution >= 0.6 is 0 Å². The van der Waals surface area contributed by atoms with E-state index in [0.29, 0.717) is 42.3 Å². The maximum absolute atomic E-state index is 13.7. The fourth-order valence-corrected chi connectivity index (χ4v) is 6.34. The van der Waals surface area contributed by atoms with Gasteiger partial charge in [-0.05, 0) is 77.2 Å². The lowest BCUT2D eigenvalue weighted by Gasteiger charge is -2.54. The molecule has 2 aromatic heterocycles. The van der Waals surface area contributed by atoms with Gasteiger partial charge in [0.1, 0.15) is 11.1 Å². The van der Waals surface area contributed by atoms with Crippen LogP contribution in [-0.2, 0) is 10.2 Å². The van der Waals surface area contributed by atoms with Crippen LogP contribution < -0.4 is 0 Å². The Balaban J connectivity index is 0.00000172. The molecule has 39 heavy (non-hydrogen) atoms. The average molecular weight is 540 g/mol. The normalized spacial score (nSPS) is 20.7. The first kappa shape index (κ1) is 29.4. The topological polar surface area (TPSA) is 75.9 Å². The van der Waals surface area contributed by atoms with Gasteiger partial charge in [0.05, 0.1) is 5.54 Å². The highest BCUT2D eigenvalue weighted by molar-refractivity contribution is 5.96. The predicted molar refractivity (Wildman–Crippen MR) is 155 cm³/mol. The minimum Gasteiger partial charge on any atom is -0.449 e. The molecular weight excluding hydrogens is 490 g/mol. The Bertz CT molecular complexity index is 1220. The number of carbonyl (C=O) groups is 2. The van der Waals surface area contributed by atoms with Crippen LogP contribution in [0.5, 0.6) is 0 Å². The third kappa shape index (κ3) is 5.83. The summed E-state index contributed by atoms with van der Waals surface area (Å²) in [7, 11) is 0. The van der Waals surface area contributed by atoms with Crippen molar-refractivity contribution < 1.29 is 18.7 Å². The number of nitrogens with zero attached hydrogens (tertiary/aromatic N) is 3. The van der Waals surface area contributed by atoms with Crippen molar-refractivity contribution in [2.75, 3.05) is 19.6 Å². The molecule has 7 heteroatoms. The number of hydrogen-bond acceptors (Lipinski definition) is 5. The van der Waals surface area contributed by atoms with Crippen LogP contribution in [0.1, 0.15) is 129 Å². The van der Waals surface area contributed by atoms with E-state index in [1.165, 1.54) is 32.1 Å².